The Kier molecular flexibility index (Phi) is 5.71. The highest BCUT2D eigenvalue weighted by molar-refractivity contribution is 6.33. The van der Waals surface area contributed by atoms with Gasteiger partial charge in [-0.05, 0) is 35.9 Å². The summed E-state index contributed by atoms with van der Waals surface area (Å²) in [5, 5.41) is 10.1. The molecule has 0 fully saturated rings. The number of nitrogens with zero attached hydrogens (tertiary/aromatic N) is 4. The van der Waals surface area contributed by atoms with Gasteiger partial charge in [0.25, 0.3) is 5.56 Å². The molecular formula is C28H18ClN5O3. The second kappa shape index (κ2) is 9.33. The molecule has 6 aromatic rings. The molecule has 3 heterocycles. The van der Waals surface area contributed by atoms with Crippen molar-refractivity contribution in [3.63, 3.8) is 0 Å². The molecule has 0 aliphatic rings. The van der Waals surface area contributed by atoms with Gasteiger partial charge in [0.2, 0.25) is 0 Å². The normalized spacial score (nSPS) is 11.2. The van der Waals surface area contributed by atoms with Crippen molar-refractivity contribution in [3.8, 4) is 22.6 Å². The first-order chi connectivity index (χ1) is 18.1. The van der Waals surface area contributed by atoms with Gasteiger partial charge in [0.1, 0.15) is 12.4 Å². The Bertz CT molecular complexity index is 1900. The van der Waals surface area contributed by atoms with Crippen LogP contribution >= 0.6 is 11.6 Å². The van der Waals surface area contributed by atoms with Gasteiger partial charge in [-0.15, -0.1) is 0 Å². The van der Waals surface area contributed by atoms with Gasteiger partial charge in [0, 0.05) is 34.3 Å². The smallest absolute Gasteiger partial charge is 0.333 e. The molecule has 6 rings (SSSR count). The summed E-state index contributed by atoms with van der Waals surface area (Å²) in [5.74, 6) is 0.557. The van der Waals surface area contributed by atoms with Crippen LogP contribution in [0.2, 0.25) is 5.02 Å². The van der Waals surface area contributed by atoms with Crippen molar-refractivity contribution >= 4 is 33.3 Å². The number of rotatable bonds is 5. The van der Waals surface area contributed by atoms with Crippen molar-refractivity contribution in [1.29, 1.82) is 0 Å². The first-order valence-corrected chi connectivity index (χ1v) is 11.8. The topological polar surface area (TPSA) is 103 Å². The van der Waals surface area contributed by atoms with Gasteiger partial charge in [0.05, 0.1) is 34.0 Å². The number of hydrogen-bond acceptors (Lipinski definition) is 6. The summed E-state index contributed by atoms with van der Waals surface area (Å²) in [4.78, 5) is 33.7. The van der Waals surface area contributed by atoms with Crippen molar-refractivity contribution in [2.75, 3.05) is 0 Å². The second-order valence-electron chi connectivity index (χ2n) is 8.36. The van der Waals surface area contributed by atoms with E-state index in [1.54, 1.807) is 48.9 Å². The van der Waals surface area contributed by atoms with Crippen LogP contribution in [0.25, 0.3) is 38.5 Å². The molecule has 0 aliphatic carbocycles. The van der Waals surface area contributed by atoms with Crippen LogP contribution in [0.3, 0.4) is 0 Å². The average Bonchev–Trinajstić information content (AvgIpc) is 2.92. The van der Waals surface area contributed by atoms with Gasteiger partial charge in [-0.25, -0.2) is 9.36 Å². The molecular weight excluding hydrogens is 490 g/mol. The van der Waals surface area contributed by atoms with Gasteiger partial charge in [-0.1, -0.05) is 48.0 Å². The summed E-state index contributed by atoms with van der Waals surface area (Å²) >= 11 is 6.57. The fourth-order valence-electron chi connectivity index (χ4n) is 4.34. The standard InChI is InChI=1S/C28H18ClN5O3/c29-22-6-3-7-25(37-16-17-10-11-31-32-13-17)26(22)18-8-9-21-23(12-18)33-28(36)34(27(21)35)24-15-30-14-19-4-1-2-5-20(19)24/h1-15H,16H2,(H,33,36). The van der Waals surface area contributed by atoms with E-state index in [1.165, 1.54) is 6.20 Å². The van der Waals surface area contributed by atoms with Crippen LogP contribution in [0.1, 0.15) is 5.56 Å². The molecule has 180 valence electrons. The number of halogens is 1. The number of aromatic nitrogens is 5. The summed E-state index contributed by atoms with van der Waals surface area (Å²) in [6, 6.07) is 19.8. The predicted octanol–water partition coefficient (Wildman–Crippen LogP) is 4.92. The Morgan fingerprint density at radius 3 is 2.65 bits per heavy atom. The minimum Gasteiger partial charge on any atom is -0.488 e. The van der Waals surface area contributed by atoms with Crippen LogP contribution in [0.4, 0.5) is 0 Å². The summed E-state index contributed by atoms with van der Waals surface area (Å²) in [5.41, 5.74) is 2.01. The van der Waals surface area contributed by atoms with E-state index in [-0.39, 0.29) is 6.61 Å². The summed E-state index contributed by atoms with van der Waals surface area (Å²) in [6.07, 6.45) is 6.44. The second-order valence-corrected chi connectivity index (χ2v) is 8.77. The molecule has 37 heavy (non-hydrogen) atoms. The molecule has 3 aromatic carbocycles. The van der Waals surface area contributed by atoms with Crippen molar-refractivity contribution < 1.29 is 4.74 Å². The van der Waals surface area contributed by atoms with Gasteiger partial charge >= 0.3 is 5.69 Å². The zero-order valence-electron chi connectivity index (χ0n) is 19.3. The fraction of sp³-hybridized carbons (Fsp3) is 0.0357. The Labute approximate surface area is 214 Å². The Morgan fingerprint density at radius 2 is 1.78 bits per heavy atom. The van der Waals surface area contributed by atoms with Crippen LogP contribution in [-0.4, -0.2) is 24.7 Å². The largest absolute Gasteiger partial charge is 0.488 e. The first kappa shape index (κ1) is 22.6. The molecule has 0 aliphatic heterocycles. The average molecular weight is 508 g/mol. The molecule has 1 N–H and O–H groups in total. The van der Waals surface area contributed by atoms with E-state index in [4.69, 9.17) is 16.3 Å². The lowest BCUT2D eigenvalue weighted by atomic mass is 10.0. The summed E-state index contributed by atoms with van der Waals surface area (Å²) in [7, 11) is 0. The minimum absolute atomic E-state index is 0.275. The van der Waals surface area contributed by atoms with E-state index >= 15 is 0 Å². The minimum atomic E-state index is -0.561. The van der Waals surface area contributed by atoms with E-state index in [0.717, 1.165) is 20.9 Å². The van der Waals surface area contributed by atoms with Gasteiger partial charge in [-0.2, -0.15) is 10.2 Å². The third-order valence-corrected chi connectivity index (χ3v) is 6.40. The van der Waals surface area contributed by atoms with Crippen LogP contribution in [0.5, 0.6) is 5.75 Å². The van der Waals surface area contributed by atoms with Crippen LogP contribution in [-0.2, 0) is 6.61 Å². The molecule has 0 spiro atoms. The highest BCUT2D eigenvalue weighted by Crippen LogP contribution is 2.37. The molecule has 0 bridgehead atoms. The van der Waals surface area contributed by atoms with Gasteiger partial charge in [0.15, 0.2) is 0 Å². The van der Waals surface area contributed by atoms with Gasteiger partial charge in [-0.3, -0.25) is 9.78 Å². The Morgan fingerprint density at radius 1 is 0.892 bits per heavy atom. The summed E-state index contributed by atoms with van der Waals surface area (Å²) in [6.45, 7) is 0.275. The molecule has 0 radical (unpaired) electrons. The number of fused-ring (bicyclic) bond motifs is 2. The van der Waals surface area contributed by atoms with E-state index in [2.05, 4.69) is 20.2 Å². The van der Waals surface area contributed by atoms with Crippen molar-refractivity contribution in [2.45, 2.75) is 6.61 Å². The van der Waals surface area contributed by atoms with E-state index < -0.39 is 11.2 Å². The van der Waals surface area contributed by atoms with Crippen LogP contribution in [0.15, 0.2) is 101 Å². The van der Waals surface area contributed by atoms with Crippen LogP contribution < -0.4 is 16.0 Å². The monoisotopic (exact) mass is 507 g/mol. The Hall–Kier alpha value is -4.82. The predicted molar refractivity (Wildman–Crippen MR) is 142 cm³/mol. The number of ether oxygens (including phenoxy) is 1. The quantitative estimate of drug-likeness (QED) is 0.355. The molecule has 0 saturated heterocycles. The number of hydrogen-bond donors (Lipinski definition) is 1. The molecule has 0 atom stereocenters. The maximum absolute atomic E-state index is 13.5. The van der Waals surface area contributed by atoms with Crippen molar-refractivity contribution in [3.05, 3.63) is 123 Å². The maximum atomic E-state index is 13.5. The summed E-state index contributed by atoms with van der Waals surface area (Å²) < 4.78 is 7.15. The molecule has 0 saturated carbocycles. The van der Waals surface area contributed by atoms with E-state index in [1.807, 2.05) is 36.4 Å². The number of H-pyrrole nitrogens is 1. The van der Waals surface area contributed by atoms with Crippen molar-refractivity contribution in [2.24, 2.45) is 0 Å². The van der Waals surface area contributed by atoms with E-state index in [0.29, 0.717) is 38.5 Å². The van der Waals surface area contributed by atoms with Gasteiger partial charge < -0.3 is 9.72 Å². The molecule has 0 unspecified atom stereocenters. The lowest BCUT2D eigenvalue weighted by Crippen LogP contribution is -2.33. The SMILES string of the molecule is O=c1[nH]c2cc(-c3c(Cl)cccc3OCc3ccnnc3)ccc2c(=O)n1-c1cncc2ccccc12. The molecule has 8 nitrogen and oxygen atoms in total. The molecule has 0 amide bonds. The number of benzene rings is 3. The first-order valence-electron chi connectivity index (χ1n) is 11.4. The van der Waals surface area contributed by atoms with Crippen molar-refractivity contribution in [1.82, 2.24) is 24.7 Å². The number of pyridine rings is 1. The maximum Gasteiger partial charge on any atom is 0.333 e. The highest BCUT2D eigenvalue weighted by atomic mass is 35.5. The van der Waals surface area contributed by atoms with Crippen LogP contribution in [0, 0.1) is 0 Å². The highest BCUT2D eigenvalue weighted by Gasteiger charge is 2.16. The third kappa shape index (κ3) is 4.13. The number of nitrogens with one attached hydrogen (secondary N) is 1. The molecule has 3 aromatic heterocycles. The fourth-order valence-corrected chi connectivity index (χ4v) is 4.62. The zero-order chi connectivity index (χ0) is 25.4. The lowest BCUT2D eigenvalue weighted by molar-refractivity contribution is 0.307. The van der Waals surface area contributed by atoms with E-state index in [9.17, 15) is 9.59 Å². The zero-order valence-corrected chi connectivity index (χ0v) is 20.0. The Balaban J connectivity index is 1.46. The molecule has 9 heteroatoms. The third-order valence-electron chi connectivity index (χ3n) is 6.09. The number of aromatic amines is 1. The lowest BCUT2D eigenvalue weighted by Gasteiger charge is -2.14.